The van der Waals surface area contributed by atoms with Crippen molar-refractivity contribution in [3.8, 4) is 0 Å². The largest absolute Gasteiger partial charge is 0.459 e. The number of hydrogen-bond acceptors (Lipinski definition) is 2. The minimum absolute atomic E-state index is 0.166. The summed E-state index contributed by atoms with van der Waals surface area (Å²) in [5.74, 6) is -5.09. The van der Waals surface area contributed by atoms with Crippen molar-refractivity contribution in [1.29, 1.82) is 0 Å². The number of halogens is 6. The predicted molar refractivity (Wildman–Crippen MR) is 59.1 cm³/mol. The van der Waals surface area contributed by atoms with Crippen LogP contribution in [0.25, 0.3) is 0 Å². The van der Waals surface area contributed by atoms with Gasteiger partial charge in [0, 0.05) is 6.54 Å². The molecule has 0 aliphatic carbocycles. The summed E-state index contributed by atoms with van der Waals surface area (Å²) in [5.41, 5.74) is -1.54. The van der Waals surface area contributed by atoms with E-state index in [1.165, 1.54) is 0 Å². The van der Waals surface area contributed by atoms with Gasteiger partial charge < -0.3 is 0 Å². The third-order valence-corrected chi connectivity index (χ3v) is 2.93. The van der Waals surface area contributed by atoms with Crippen molar-refractivity contribution in [2.45, 2.75) is 51.3 Å². The van der Waals surface area contributed by atoms with Gasteiger partial charge >= 0.3 is 12.1 Å². The predicted octanol–water partition coefficient (Wildman–Crippen LogP) is 4.17. The average molecular weight is 306 g/mol. The zero-order chi connectivity index (χ0) is 14.7. The molecule has 19 heavy (non-hydrogen) atoms. The van der Waals surface area contributed by atoms with E-state index in [-0.39, 0.29) is 6.54 Å². The number of rotatable bonds is 6. The Hall–Kier alpha value is -0.920. The number of hydrogen-bond donors (Lipinski definition) is 0. The van der Waals surface area contributed by atoms with Crippen LogP contribution in [0.3, 0.4) is 0 Å². The second-order valence-electron chi connectivity index (χ2n) is 4.08. The van der Waals surface area contributed by atoms with Gasteiger partial charge in [-0.25, -0.2) is 4.68 Å². The highest BCUT2D eigenvalue weighted by atomic mass is 35.5. The van der Waals surface area contributed by atoms with E-state index in [1.54, 1.807) is 0 Å². The number of unbranched alkanes of at least 4 members (excludes halogenated alkanes) is 3. The van der Waals surface area contributed by atoms with Gasteiger partial charge in [0.2, 0.25) is 0 Å². The minimum atomic E-state index is -5.74. The molecule has 110 valence electrons. The van der Waals surface area contributed by atoms with E-state index in [4.69, 9.17) is 11.6 Å². The van der Waals surface area contributed by atoms with Crippen LogP contribution in [0.1, 0.15) is 38.3 Å². The smallest absolute Gasteiger partial charge is 0.233 e. The van der Waals surface area contributed by atoms with Gasteiger partial charge in [-0.05, 0) is 6.42 Å². The van der Waals surface area contributed by atoms with E-state index in [2.05, 4.69) is 10.3 Å². The van der Waals surface area contributed by atoms with Crippen LogP contribution < -0.4 is 0 Å². The normalized spacial score (nSPS) is 13.0. The lowest BCUT2D eigenvalue weighted by Crippen LogP contribution is -2.34. The Bertz CT molecular complexity index is 416. The van der Waals surface area contributed by atoms with Gasteiger partial charge in [0.05, 0.1) is 0 Å². The van der Waals surface area contributed by atoms with E-state index in [0.717, 1.165) is 23.9 Å². The Labute approximate surface area is 111 Å². The van der Waals surface area contributed by atoms with Crippen molar-refractivity contribution < 1.29 is 22.0 Å². The molecule has 1 heterocycles. The highest BCUT2D eigenvalue weighted by Crippen LogP contribution is 2.45. The summed E-state index contributed by atoms with van der Waals surface area (Å²) in [6.45, 7) is 2.16. The topological polar surface area (TPSA) is 30.7 Å². The molecule has 0 aliphatic heterocycles. The Morgan fingerprint density at radius 2 is 1.74 bits per heavy atom. The molecule has 0 spiro atoms. The number of alkyl halides is 5. The maximum absolute atomic E-state index is 13.1. The third kappa shape index (κ3) is 3.55. The molecule has 1 aromatic rings. The lowest BCUT2D eigenvalue weighted by molar-refractivity contribution is -0.290. The number of aryl methyl sites for hydroxylation is 1. The first-order valence-corrected chi connectivity index (χ1v) is 6.13. The zero-order valence-electron chi connectivity index (χ0n) is 10.1. The minimum Gasteiger partial charge on any atom is -0.233 e. The van der Waals surface area contributed by atoms with Gasteiger partial charge in [-0.1, -0.05) is 43.0 Å². The van der Waals surface area contributed by atoms with Crippen molar-refractivity contribution in [3.63, 3.8) is 0 Å². The molecule has 0 atom stereocenters. The summed E-state index contributed by atoms with van der Waals surface area (Å²) >= 11 is 5.49. The van der Waals surface area contributed by atoms with Crippen LogP contribution in [-0.4, -0.2) is 21.2 Å². The molecule has 0 N–H and O–H groups in total. The van der Waals surface area contributed by atoms with Crippen LogP contribution in [0.4, 0.5) is 22.0 Å². The molecule has 1 aromatic heterocycles. The van der Waals surface area contributed by atoms with Crippen LogP contribution >= 0.6 is 11.6 Å². The van der Waals surface area contributed by atoms with Gasteiger partial charge in [-0.2, -0.15) is 22.0 Å². The fourth-order valence-corrected chi connectivity index (χ4v) is 1.73. The molecule has 3 nitrogen and oxygen atoms in total. The Balaban J connectivity index is 2.81. The number of nitrogens with zero attached hydrogens (tertiary/aromatic N) is 3. The molecule has 0 saturated heterocycles. The summed E-state index contributed by atoms with van der Waals surface area (Å²) in [5, 5.41) is 5.35. The SMILES string of the molecule is CCCCCCn1nnc(C(F)(F)C(F)(F)F)c1Cl. The molecular weight excluding hydrogens is 293 g/mol. The lowest BCUT2D eigenvalue weighted by atomic mass is 10.2. The summed E-state index contributed by atoms with van der Waals surface area (Å²) in [6, 6.07) is 0. The van der Waals surface area contributed by atoms with Gasteiger partial charge in [-0.15, -0.1) is 5.10 Å². The Morgan fingerprint density at radius 3 is 2.26 bits per heavy atom. The molecule has 9 heteroatoms. The number of aromatic nitrogens is 3. The molecule has 0 unspecified atom stereocenters. The second-order valence-corrected chi connectivity index (χ2v) is 4.44. The van der Waals surface area contributed by atoms with E-state index in [1.807, 2.05) is 6.92 Å². The van der Waals surface area contributed by atoms with Gasteiger partial charge in [0.1, 0.15) is 0 Å². The van der Waals surface area contributed by atoms with Crippen molar-refractivity contribution in [3.05, 3.63) is 10.8 Å². The monoisotopic (exact) mass is 305 g/mol. The average Bonchev–Trinajstić information content (AvgIpc) is 2.65. The highest BCUT2D eigenvalue weighted by molar-refractivity contribution is 6.30. The van der Waals surface area contributed by atoms with Crippen LogP contribution in [0.5, 0.6) is 0 Å². The van der Waals surface area contributed by atoms with E-state index in [9.17, 15) is 22.0 Å². The first kappa shape index (κ1) is 16.1. The van der Waals surface area contributed by atoms with Crippen molar-refractivity contribution in [2.24, 2.45) is 0 Å². The van der Waals surface area contributed by atoms with Gasteiger partial charge in [-0.3, -0.25) is 0 Å². The second kappa shape index (κ2) is 6.02. The first-order valence-electron chi connectivity index (χ1n) is 5.75. The fraction of sp³-hybridized carbons (Fsp3) is 0.800. The molecule has 0 radical (unpaired) electrons. The van der Waals surface area contributed by atoms with Gasteiger partial charge in [0.25, 0.3) is 0 Å². The summed E-state index contributed by atoms with van der Waals surface area (Å²) in [7, 11) is 0. The van der Waals surface area contributed by atoms with Crippen LogP contribution in [-0.2, 0) is 12.5 Å². The Kier molecular flexibility index (Phi) is 5.11. The Morgan fingerprint density at radius 1 is 1.11 bits per heavy atom. The molecular formula is C10H13ClF5N3. The molecule has 0 aromatic carbocycles. The zero-order valence-corrected chi connectivity index (χ0v) is 10.9. The lowest BCUT2D eigenvalue weighted by Gasteiger charge is -2.17. The fourth-order valence-electron chi connectivity index (χ4n) is 1.46. The third-order valence-electron chi connectivity index (χ3n) is 2.55. The van der Waals surface area contributed by atoms with Gasteiger partial charge in [0.15, 0.2) is 10.8 Å². The summed E-state index contributed by atoms with van der Waals surface area (Å²) in [6.07, 6.45) is -2.41. The maximum atomic E-state index is 13.1. The molecule has 0 bridgehead atoms. The van der Waals surface area contributed by atoms with Crippen molar-refractivity contribution >= 4 is 11.6 Å². The summed E-state index contributed by atoms with van der Waals surface area (Å²) < 4.78 is 63.5. The summed E-state index contributed by atoms with van der Waals surface area (Å²) in [4.78, 5) is 0. The maximum Gasteiger partial charge on any atom is 0.459 e. The molecule has 0 amide bonds. The van der Waals surface area contributed by atoms with Crippen LogP contribution in [0.15, 0.2) is 0 Å². The molecule has 0 saturated carbocycles. The van der Waals surface area contributed by atoms with E-state index >= 15 is 0 Å². The van der Waals surface area contributed by atoms with Crippen molar-refractivity contribution in [2.75, 3.05) is 0 Å². The molecule has 0 aliphatic rings. The quantitative estimate of drug-likeness (QED) is 0.583. The van der Waals surface area contributed by atoms with E-state index < -0.39 is 22.9 Å². The van der Waals surface area contributed by atoms with Crippen LogP contribution in [0.2, 0.25) is 5.15 Å². The van der Waals surface area contributed by atoms with E-state index in [0.29, 0.717) is 6.42 Å². The van der Waals surface area contributed by atoms with Crippen LogP contribution in [0, 0.1) is 0 Å². The molecule has 0 fully saturated rings. The highest BCUT2D eigenvalue weighted by Gasteiger charge is 2.62. The standard InChI is InChI=1S/C10H13ClF5N3/c1-2-3-4-5-6-19-8(11)7(17-18-19)9(12,13)10(14,15)16/h2-6H2,1H3. The first-order chi connectivity index (χ1) is 8.71. The van der Waals surface area contributed by atoms with Crippen molar-refractivity contribution in [1.82, 2.24) is 15.0 Å². The molecule has 1 rings (SSSR count).